The number of rotatable bonds is 4. The van der Waals surface area contributed by atoms with E-state index in [1.807, 2.05) is 44.2 Å². The maximum atomic E-state index is 13.4. The third kappa shape index (κ3) is 3.36. The van der Waals surface area contributed by atoms with Gasteiger partial charge in [0.2, 0.25) is 0 Å². The Hall–Kier alpha value is -2.99. The number of amides is 2. The van der Waals surface area contributed by atoms with Crippen LogP contribution >= 0.6 is 11.6 Å². The number of nitrogens with two attached hydrogens (primary N) is 1. The predicted molar refractivity (Wildman–Crippen MR) is 108 cm³/mol. The lowest BCUT2D eigenvalue weighted by Crippen LogP contribution is -2.35. The van der Waals surface area contributed by atoms with E-state index in [9.17, 15) is 9.59 Å². The number of nitrogens with zero attached hydrogens (tertiary/aromatic N) is 3. The molecule has 3 rings (SSSR count). The van der Waals surface area contributed by atoms with Crippen LogP contribution in [0.4, 0.5) is 16.2 Å². The fourth-order valence-electron chi connectivity index (χ4n) is 3.28. The summed E-state index contributed by atoms with van der Waals surface area (Å²) in [7, 11) is 1.80. The fraction of sp³-hybridized carbons (Fsp3) is 0.200. The number of anilines is 2. The maximum Gasteiger partial charge on any atom is 0.324 e. The highest BCUT2D eigenvalue weighted by Crippen LogP contribution is 2.31. The second kappa shape index (κ2) is 7.32. The van der Waals surface area contributed by atoms with Gasteiger partial charge in [-0.15, -0.1) is 0 Å². The van der Waals surface area contributed by atoms with Crippen LogP contribution in [0, 0.1) is 0 Å². The minimum Gasteiger partial charge on any atom is -0.351 e. The number of halogens is 1. The Morgan fingerprint density at radius 2 is 1.67 bits per heavy atom. The summed E-state index contributed by atoms with van der Waals surface area (Å²) in [5.41, 5.74) is 7.49. The zero-order valence-electron chi connectivity index (χ0n) is 15.4. The topological polar surface area (TPSA) is 73.3 Å². The number of benzene rings is 2. The van der Waals surface area contributed by atoms with E-state index >= 15 is 0 Å². The SMILES string of the molecule is CC(C)c1c(N(C(N)=O)c2ccc(Cl)cc2)c(=O)n(-c2ccccc2)n1C. The molecule has 0 saturated carbocycles. The van der Waals surface area contributed by atoms with E-state index < -0.39 is 6.03 Å². The standard InChI is InChI=1S/C20H21ClN4O2/c1-13(2)17-18(24(20(22)27)15-11-9-14(21)10-12-15)19(26)25(23(17)3)16-7-5-4-6-8-16/h4-13H,1-3H3,(H2,22,27). The Bertz CT molecular complexity index is 1020. The van der Waals surface area contributed by atoms with Crippen molar-refractivity contribution in [2.75, 3.05) is 4.90 Å². The van der Waals surface area contributed by atoms with Gasteiger partial charge in [-0.2, -0.15) is 0 Å². The number of primary amides is 1. The Morgan fingerprint density at radius 3 is 2.19 bits per heavy atom. The van der Waals surface area contributed by atoms with Crippen molar-refractivity contribution in [3.05, 3.63) is 75.7 Å². The van der Waals surface area contributed by atoms with Gasteiger partial charge < -0.3 is 5.73 Å². The van der Waals surface area contributed by atoms with Crippen molar-refractivity contribution in [3.8, 4) is 5.69 Å². The molecule has 2 aromatic carbocycles. The molecule has 0 saturated heterocycles. The largest absolute Gasteiger partial charge is 0.351 e. The van der Waals surface area contributed by atoms with Gasteiger partial charge in [-0.1, -0.05) is 43.6 Å². The van der Waals surface area contributed by atoms with Gasteiger partial charge in [0.05, 0.1) is 17.1 Å². The van der Waals surface area contributed by atoms with E-state index in [1.54, 1.807) is 36.0 Å². The van der Waals surface area contributed by atoms with Gasteiger partial charge in [0.1, 0.15) is 5.69 Å². The quantitative estimate of drug-likeness (QED) is 0.733. The van der Waals surface area contributed by atoms with Crippen LogP contribution < -0.4 is 16.2 Å². The van der Waals surface area contributed by atoms with E-state index in [4.69, 9.17) is 17.3 Å². The summed E-state index contributed by atoms with van der Waals surface area (Å²) in [5.74, 6) is -0.0168. The van der Waals surface area contributed by atoms with Gasteiger partial charge >= 0.3 is 6.03 Å². The lowest BCUT2D eigenvalue weighted by Gasteiger charge is -2.21. The molecular formula is C20H21ClN4O2. The minimum atomic E-state index is -0.734. The zero-order chi connectivity index (χ0) is 19.7. The van der Waals surface area contributed by atoms with Crippen LogP contribution in [0.15, 0.2) is 59.4 Å². The molecule has 2 amide bonds. The molecule has 0 spiro atoms. The molecule has 7 heteroatoms. The first kappa shape index (κ1) is 18.8. The predicted octanol–water partition coefficient (Wildman–Crippen LogP) is 4.17. The van der Waals surface area contributed by atoms with Gasteiger partial charge in [-0.3, -0.25) is 14.4 Å². The van der Waals surface area contributed by atoms with Crippen molar-refractivity contribution >= 4 is 29.0 Å². The molecule has 0 fully saturated rings. The summed E-state index contributed by atoms with van der Waals surface area (Å²) in [6.45, 7) is 3.93. The molecule has 0 aliphatic heterocycles. The average molecular weight is 385 g/mol. The molecular weight excluding hydrogens is 364 g/mol. The molecule has 140 valence electrons. The molecule has 0 radical (unpaired) electrons. The number of urea groups is 1. The van der Waals surface area contributed by atoms with Crippen LogP contribution in [0.5, 0.6) is 0 Å². The summed E-state index contributed by atoms with van der Waals surface area (Å²) < 4.78 is 3.31. The Balaban J connectivity index is 2.32. The minimum absolute atomic E-state index is 0.0168. The number of carbonyl (C=O) groups is 1. The molecule has 0 unspecified atom stereocenters. The Kier molecular flexibility index (Phi) is 5.10. The number of para-hydroxylation sites is 1. The van der Waals surface area contributed by atoms with Gasteiger partial charge in [-0.05, 0) is 42.3 Å². The number of hydrogen-bond acceptors (Lipinski definition) is 2. The van der Waals surface area contributed by atoms with Gasteiger partial charge in [0.25, 0.3) is 5.56 Å². The zero-order valence-corrected chi connectivity index (χ0v) is 16.1. The summed E-state index contributed by atoms with van der Waals surface area (Å²) >= 11 is 5.96. The molecule has 0 aliphatic carbocycles. The first-order chi connectivity index (χ1) is 12.8. The molecule has 0 aliphatic rings. The van der Waals surface area contributed by atoms with E-state index in [1.165, 1.54) is 9.58 Å². The van der Waals surface area contributed by atoms with Crippen molar-refractivity contribution in [1.29, 1.82) is 0 Å². The highest BCUT2D eigenvalue weighted by Gasteiger charge is 2.29. The molecule has 1 heterocycles. The molecule has 2 N–H and O–H groups in total. The molecule has 0 atom stereocenters. The smallest absolute Gasteiger partial charge is 0.324 e. The summed E-state index contributed by atoms with van der Waals surface area (Å²) in [5, 5.41) is 0.530. The molecule has 1 aromatic heterocycles. The van der Waals surface area contributed by atoms with Crippen LogP contribution in [0.2, 0.25) is 5.02 Å². The molecule has 27 heavy (non-hydrogen) atoms. The monoisotopic (exact) mass is 384 g/mol. The van der Waals surface area contributed by atoms with Crippen LogP contribution in [0.25, 0.3) is 5.69 Å². The van der Waals surface area contributed by atoms with Crippen LogP contribution in [0.3, 0.4) is 0 Å². The second-order valence-electron chi connectivity index (χ2n) is 6.51. The van der Waals surface area contributed by atoms with Gasteiger partial charge in [0.15, 0.2) is 0 Å². The van der Waals surface area contributed by atoms with E-state index in [0.29, 0.717) is 22.1 Å². The van der Waals surface area contributed by atoms with Gasteiger partial charge in [0, 0.05) is 12.1 Å². The van der Waals surface area contributed by atoms with E-state index in [0.717, 1.165) is 0 Å². The van der Waals surface area contributed by atoms with E-state index in [2.05, 4.69) is 0 Å². The first-order valence-electron chi connectivity index (χ1n) is 8.55. The summed E-state index contributed by atoms with van der Waals surface area (Å²) in [4.78, 5) is 26.9. The first-order valence-corrected chi connectivity index (χ1v) is 8.93. The van der Waals surface area contributed by atoms with Gasteiger partial charge in [-0.25, -0.2) is 9.48 Å². The Labute approximate surface area is 162 Å². The average Bonchev–Trinajstić information content (AvgIpc) is 2.88. The van der Waals surface area contributed by atoms with Crippen molar-refractivity contribution in [2.24, 2.45) is 12.8 Å². The lowest BCUT2D eigenvalue weighted by atomic mass is 10.1. The lowest BCUT2D eigenvalue weighted by molar-refractivity contribution is 0.256. The molecule has 3 aromatic rings. The normalized spacial score (nSPS) is 11.0. The molecule has 6 nitrogen and oxygen atoms in total. The third-order valence-corrected chi connectivity index (χ3v) is 4.61. The number of aromatic nitrogens is 2. The maximum absolute atomic E-state index is 13.4. The highest BCUT2D eigenvalue weighted by molar-refractivity contribution is 6.30. The summed E-state index contributed by atoms with van der Waals surface area (Å²) in [6, 6.07) is 15.2. The van der Waals surface area contributed by atoms with Crippen LogP contribution in [-0.4, -0.2) is 15.4 Å². The third-order valence-electron chi connectivity index (χ3n) is 4.36. The molecule has 0 bridgehead atoms. The number of hydrogen-bond donors (Lipinski definition) is 1. The van der Waals surface area contributed by atoms with Crippen LogP contribution in [0.1, 0.15) is 25.5 Å². The fourth-order valence-corrected chi connectivity index (χ4v) is 3.41. The highest BCUT2D eigenvalue weighted by atomic mass is 35.5. The van der Waals surface area contributed by atoms with Crippen LogP contribution in [-0.2, 0) is 7.05 Å². The second-order valence-corrected chi connectivity index (χ2v) is 6.95. The number of carbonyl (C=O) groups excluding carboxylic acids is 1. The summed E-state index contributed by atoms with van der Waals surface area (Å²) in [6.07, 6.45) is 0. The van der Waals surface area contributed by atoms with Crippen molar-refractivity contribution in [2.45, 2.75) is 19.8 Å². The van der Waals surface area contributed by atoms with Crippen molar-refractivity contribution < 1.29 is 4.79 Å². The van der Waals surface area contributed by atoms with Crippen molar-refractivity contribution in [3.63, 3.8) is 0 Å². The van der Waals surface area contributed by atoms with E-state index in [-0.39, 0.29) is 17.2 Å². The Morgan fingerprint density at radius 1 is 1.07 bits per heavy atom. The van der Waals surface area contributed by atoms with Crippen molar-refractivity contribution in [1.82, 2.24) is 9.36 Å².